The molecule has 1 heterocycles. The molecule has 0 aromatic rings. The lowest BCUT2D eigenvalue weighted by atomic mass is 10.3. The third-order valence-electron chi connectivity index (χ3n) is 1.26. The molecule has 1 rings (SSSR count). The Balaban J connectivity index is 3.10. The monoisotopic (exact) mass is 189 g/mol. The number of nitrogens with zero attached hydrogens (tertiary/aromatic N) is 1. The number of amides is 1. The Hall–Kier alpha value is -1.37. The Morgan fingerprint density at radius 2 is 2.25 bits per heavy atom. The highest BCUT2D eigenvalue weighted by molar-refractivity contribution is 7.94. The maximum absolute atomic E-state index is 10.8. The van der Waals surface area contributed by atoms with Crippen molar-refractivity contribution in [3.8, 4) is 0 Å². The summed E-state index contributed by atoms with van der Waals surface area (Å²) in [6.45, 7) is 0. The summed E-state index contributed by atoms with van der Waals surface area (Å²) in [4.78, 5) is 10.8. The van der Waals surface area contributed by atoms with E-state index in [9.17, 15) is 13.2 Å². The minimum absolute atomic E-state index is 0.185. The summed E-state index contributed by atoms with van der Waals surface area (Å²) in [5.74, 6) is -0.570. The van der Waals surface area contributed by atoms with Crippen LogP contribution in [0.4, 0.5) is 0 Å². The summed E-state index contributed by atoms with van der Waals surface area (Å²) in [7, 11) is -2.39. The van der Waals surface area contributed by atoms with E-state index in [1.54, 1.807) is 0 Å². The number of hydrogen-bond donors (Lipinski definition) is 2. The van der Waals surface area contributed by atoms with Crippen molar-refractivity contribution in [3.63, 3.8) is 0 Å². The van der Waals surface area contributed by atoms with Crippen LogP contribution in [0.5, 0.6) is 0 Å². The predicted molar refractivity (Wildman–Crippen MR) is 42.7 cm³/mol. The van der Waals surface area contributed by atoms with E-state index in [4.69, 9.17) is 5.73 Å². The molecule has 66 valence electrons. The van der Waals surface area contributed by atoms with Crippen LogP contribution in [0.1, 0.15) is 0 Å². The lowest BCUT2D eigenvalue weighted by Crippen LogP contribution is -2.25. The number of nitrogens with two attached hydrogens (primary N) is 1. The van der Waals surface area contributed by atoms with Gasteiger partial charge in [-0.15, -0.1) is 0 Å². The largest absolute Gasteiger partial charge is 0.388 e. The molecule has 0 saturated carbocycles. The molecule has 0 aromatic carbocycles. The summed E-state index contributed by atoms with van der Waals surface area (Å²) >= 11 is 0. The first-order chi connectivity index (χ1) is 5.47. The quantitative estimate of drug-likeness (QED) is 0.514. The van der Waals surface area contributed by atoms with Crippen LogP contribution < -0.4 is 11.1 Å². The smallest absolute Gasteiger partial charge is 0.298 e. The zero-order valence-electron chi connectivity index (χ0n) is 6.23. The lowest BCUT2D eigenvalue weighted by Gasteiger charge is -1.91. The summed E-state index contributed by atoms with van der Waals surface area (Å²) in [5, 5.41) is 1.83. The van der Waals surface area contributed by atoms with Gasteiger partial charge in [0.15, 0.2) is 5.03 Å². The highest BCUT2D eigenvalue weighted by atomic mass is 32.2. The second-order valence-electron chi connectivity index (χ2n) is 2.08. The normalized spacial score (nSPS) is 19.8. The van der Waals surface area contributed by atoms with Gasteiger partial charge in [-0.1, -0.05) is 0 Å². The van der Waals surface area contributed by atoms with Crippen molar-refractivity contribution < 1.29 is 13.2 Å². The van der Waals surface area contributed by atoms with Crippen molar-refractivity contribution in [1.29, 1.82) is 0 Å². The Labute approximate surface area is 69.2 Å². The van der Waals surface area contributed by atoms with Gasteiger partial charge in [-0.2, -0.15) is 12.8 Å². The maximum atomic E-state index is 10.8. The van der Waals surface area contributed by atoms with Gasteiger partial charge < -0.3 is 11.1 Å². The van der Waals surface area contributed by atoms with Crippen molar-refractivity contribution in [2.75, 3.05) is 7.05 Å². The molecule has 0 bridgehead atoms. The Morgan fingerprint density at radius 1 is 1.67 bits per heavy atom. The van der Waals surface area contributed by atoms with Gasteiger partial charge in [0.25, 0.3) is 15.9 Å². The van der Waals surface area contributed by atoms with E-state index in [1.165, 1.54) is 7.05 Å². The number of carbonyl (C=O) groups is 1. The molecule has 0 unspecified atom stereocenters. The number of carbonyl (C=O) groups excluding carboxylic acids is 1. The molecule has 3 N–H and O–H groups in total. The first-order valence-corrected chi connectivity index (χ1v) is 4.45. The molecule has 0 aromatic heterocycles. The van der Waals surface area contributed by atoms with Gasteiger partial charge >= 0.3 is 0 Å². The average molecular weight is 189 g/mol. The van der Waals surface area contributed by atoms with Crippen molar-refractivity contribution in [3.05, 3.63) is 11.1 Å². The SMILES string of the molecule is CNC(=O)C1=NS(=O)(=O)C(N)=C1. The van der Waals surface area contributed by atoms with Gasteiger partial charge in [0.2, 0.25) is 0 Å². The predicted octanol–water partition coefficient (Wildman–Crippen LogP) is -1.68. The van der Waals surface area contributed by atoms with Crippen LogP contribution >= 0.6 is 0 Å². The van der Waals surface area contributed by atoms with E-state index < -0.39 is 21.0 Å². The van der Waals surface area contributed by atoms with E-state index in [0.717, 1.165) is 6.08 Å². The number of hydrogen-bond acceptors (Lipinski definition) is 4. The van der Waals surface area contributed by atoms with Crippen LogP contribution in [0.3, 0.4) is 0 Å². The molecule has 0 radical (unpaired) electrons. The highest BCUT2D eigenvalue weighted by Gasteiger charge is 2.24. The Morgan fingerprint density at radius 3 is 2.58 bits per heavy atom. The molecule has 1 aliphatic heterocycles. The average Bonchev–Trinajstić information content (AvgIpc) is 2.25. The van der Waals surface area contributed by atoms with Crippen molar-refractivity contribution in [1.82, 2.24) is 5.32 Å². The van der Waals surface area contributed by atoms with E-state index in [-0.39, 0.29) is 5.71 Å². The fraction of sp³-hybridized carbons (Fsp3) is 0.200. The molecule has 0 spiro atoms. The molecule has 0 fully saturated rings. The van der Waals surface area contributed by atoms with Gasteiger partial charge in [-0.05, 0) is 0 Å². The van der Waals surface area contributed by atoms with Crippen LogP contribution in [0, 0.1) is 0 Å². The molecular formula is C5H7N3O3S. The summed E-state index contributed by atoms with van der Waals surface area (Å²) < 4.78 is 24.8. The van der Waals surface area contributed by atoms with E-state index in [0.29, 0.717) is 0 Å². The molecule has 12 heavy (non-hydrogen) atoms. The molecule has 1 aliphatic rings. The second kappa shape index (κ2) is 2.59. The number of nitrogens with one attached hydrogen (secondary N) is 1. The van der Waals surface area contributed by atoms with Crippen molar-refractivity contribution in [2.24, 2.45) is 10.1 Å². The van der Waals surface area contributed by atoms with Crippen LogP contribution in [0.2, 0.25) is 0 Å². The third-order valence-corrected chi connectivity index (χ3v) is 2.41. The first-order valence-electron chi connectivity index (χ1n) is 3.01. The molecule has 6 nitrogen and oxygen atoms in total. The highest BCUT2D eigenvalue weighted by Crippen LogP contribution is 2.10. The van der Waals surface area contributed by atoms with Crippen molar-refractivity contribution in [2.45, 2.75) is 0 Å². The Bertz CT molecular complexity index is 379. The minimum atomic E-state index is -3.76. The van der Waals surface area contributed by atoms with Crippen LogP contribution in [-0.2, 0) is 14.8 Å². The first kappa shape index (κ1) is 8.72. The van der Waals surface area contributed by atoms with Crippen LogP contribution in [-0.4, -0.2) is 27.1 Å². The fourth-order valence-electron chi connectivity index (χ4n) is 0.653. The molecule has 1 amide bonds. The summed E-state index contributed by atoms with van der Waals surface area (Å²) in [6, 6.07) is 0. The van der Waals surface area contributed by atoms with E-state index in [1.807, 2.05) is 0 Å². The molecule has 7 heteroatoms. The summed E-state index contributed by atoms with van der Waals surface area (Å²) in [6.07, 6.45) is 1.02. The maximum Gasteiger partial charge on any atom is 0.298 e. The number of rotatable bonds is 1. The molecule has 0 aliphatic carbocycles. The van der Waals surface area contributed by atoms with Gasteiger partial charge in [0.1, 0.15) is 5.71 Å². The fourth-order valence-corrected chi connectivity index (χ4v) is 1.41. The van der Waals surface area contributed by atoms with Gasteiger partial charge in [0, 0.05) is 13.1 Å². The summed E-state index contributed by atoms with van der Waals surface area (Å²) in [5.41, 5.74) is 4.89. The molecule has 0 atom stereocenters. The lowest BCUT2D eigenvalue weighted by molar-refractivity contribution is -0.114. The van der Waals surface area contributed by atoms with E-state index in [2.05, 4.69) is 9.71 Å². The zero-order valence-corrected chi connectivity index (χ0v) is 7.05. The van der Waals surface area contributed by atoms with Gasteiger partial charge in [0.05, 0.1) is 0 Å². The number of sulfonamides is 1. The molecular weight excluding hydrogens is 182 g/mol. The van der Waals surface area contributed by atoms with Crippen molar-refractivity contribution >= 4 is 21.6 Å². The topological polar surface area (TPSA) is 102 Å². The zero-order chi connectivity index (χ0) is 9.35. The van der Waals surface area contributed by atoms with Gasteiger partial charge in [-0.3, -0.25) is 4.79 Å². The standard InChI is InChI=1S/C5H7N3O3S/c1-7-5(9)3-2-4(6)12(10,11)8-3/h2H,6H2,1H3,(H,7,9). The minimum Gasteiger partial charge on any atom is -0.388 e. The van der Waals surface area contributed by atoms with Crippen LogP contribution in [0.15, 0.2) is 15.5 Å². The Kier molecular flexibility index (Phi) is 1.89. The van der Waals surface area contributed by atoms with Crippen LogP contribution in [0.25, 0.3) is 0 Å². The van der Waals surface area contributed by atoms with Gasteiger partial charge in [-0.25, -0.2) is 0 Å². The van der Waals surface area contributed by atoms with E-state index >= 15 is 0 Å². The second-order valence-corrected chi connectivity index (χ2v) is 3.68. The third kappa shape index (κ3) is 1.30. The molecule has 0 saturated heterocycles.